The molecule has 2 aromatic rings. The van der Waals surface area contributed by atoms with Crippen molar-refractivity contribution in [2.45, 2.75) is 33.8 Å². The highest BCUT2D eigenvalue weighted by atomic mass is 16.5. The lowest BCUT2D eigenvalue weighted by molar-refractivity contribution is -0.123. The van der Waals surface area contributed by atoms with Crippen LogP contribution in [0.2, 0.25) is 0 Å². The summed E-state index contributed by atoms with van der Waals surface area (Å²) in [5.41, 5.74) is 4.50. The van der Waals surface area contributed by atoms with E-state index in [1.165, 1.54) is 31.2 Å². The summed E-state index contributed by atoms with van der Waals surface area (Å²) in [5, 5.41) is 2.82. The second-order valence-electron chi connectivity index (χ2n) is 6.05. The average Bonchev–Trinajstić information content (AvgIpc) is 2.57. The maximum absolute atomic E-state index is 12.3. The highest BCUT2D eigenvalue weighted by Crippen LogP contribution is 2.22. The number of carbonyl (C=O) groups excluding carboxylic acids is 3. The monoisotopic (exact) mass is 339 g/mol. The van der Waals surface area contributed by atoms with Crippen LogP contribution in [-0.4, -0.2) is 24.3 Å². The number of aldehydes is 1. The molecule has 0 saturated heterocycles. The smallest absolute Gasteiger partial charge is 0.338 e. The van der Waals surface area contributed by atoms with Crippen molar-refractivity contribution < 1.29 is 19.1 Å². The lowest BCUT2D eigenvalue weighted by atomic mass is 10.0. The van der Waals surface area contributed by atoms with E-state index < -0.39 is 18.0 Å². The van der Waals surface area contributed by atoms with Gasteiger partial charge in [-0.25, -0.2) is 4.79 Å². The molecule has 0 aromatic heterocycles. The second kappa shape index (κ2) is 7.75. The van der Waals surface area contributed by atoms with E-state index in [1.807, 2.05) is 32.9 Å². The van der Waals surface area contributed by atoms with Gasteiger partial charge in [0.1, 0.15) is 6.29 Å². The molecule has 1 N–H and O–H groups in total. The Morgan fingerprint density at radius 1 is 1.04 bits per heavy atom. The Morgan fingerprint density at radius 3 is 2.12 bits per heavy atom. The molecule has 0 fully saturated rings. The van der Waals surface area contributed by atoms with Crippen molar-refractivity contribution in [2.24, 2.45) is 0 Å². The first-order valence-electron chi connectivity index (χ1n) is 7.96. The Morgan fingerprint density at radius 2 is 1.60 bits per heavy atom. The van der Waals surface area contributed by atoms with Crippen LogP contribution in [0.4, 0.5) is 5.69 Å². The topological polar surface area (TPSA) is 72.5 Å². The van der Waals surface area contributed by atoms with Crippen LogP contribution in [0.25, 0.3) is 0 Å². The van der Waals surface area contributed by atoms with E-state index in [0.717, 1.165) is 22.4 Å². The molecule has 0 aliphatic heterocycles. The van der Waals surface area contributed by atoms with E-state index in [1.54, 1.807) is 0 Å². The quantitative estimate of drug-likeness (QED) is 0.667. The Kier molecular flexibility index (Phi) is 5.70. The third kappa shape index (κ3) is 4.53. The van der Waals surface area contributed by atoms with Crippen molar-refractivity contribution in [1.29, 1.82) is 0 Å². The first-order chi connectivity index (χ1) is 11.8. The van der Waals surface area contributed by atoms with Crippen LogP contribution >= 0.6 is 0 Å². The molecule has 130 valence electrons. The fourth-order valence-electron chi connectivity index (χ4n) is 2.58. The minimum Gasteiger partial charge on any atom is -0.449 e. The van der Waals surface area contributed by atoms with Crippen LogP contribution in [0, 0.1) is 20.8 Å². The standard InChI is InChI=1S/C20H21NO4/c1-12-9-13(2)18(14(3)10-12)21-19(23)15(4)25-20(24)17-7-5-16(11-22)6-8-17/h5-11,15H,1-4H3,(H,21,23). The molecule has 0 radical (unpaired) electrons. The summed E-state index contributed by atoms with van der Waals surface area (Å²) in [6.45, 7) is 7.35. The fourth-order valence-corrected chi connectivity index (χ4v) is 2.58. The number of hydrogen-bond donors (Lipinski definition) is 1. The van der Waals surface area contributed by atoms with E-state index in [4.69, 9.17) is 4.74 Å². The summed E-state index contributed by atoms with van der Waals surface area (Å²) in [6, 6.07) is 9.98. The largest absolute Gasteiger partial charge is 0.449 e. The number of amides is 1. The van der Waals surface area contributed by atoms with E-state index in [2.05, 4.69) is 5.32 Å². The molecule has 1 atom stereocenters. The van der Waals surface area contributed by atoms with Gasteiger partial charge in [-0.15, -0.1) is 0 Å². The van der Waals surface area contributed by atoms with E-state index in [-0.39, 0.29) is 5.56 Å². The molecule has 0 heterocycles. The molecule has 0 saturated carbocycles. The number of nitrogens with one attached hydrogen (secondary N) is 1. The van der Waals surface area contributed by atoms with Crippen LogP contribution in [0.1, 0.15) is 44.3 Å². The van der Waals surface area contributed by atoms with Gasteiger partial charge in [-0.05, 0) is 51.0 Å². The predicted octanol–water partition coefficient (Wildman–Crippen LogP) is 3.61. The second-order valence-corrected chi connectivity index (χ2v) is 6.05. The minimum atomic E-state index is -0.946. The van der Waals surface area contributed by atoms with Crippen LogP contribution < -0.4 is 5.32 Å². The lowest BCUT2D eigenvalue weighted by Crippen LogP contribution is -2.30. The molecule has 0 aliphatic carbocycles. The Bertz CT molecular complexity index is 786. The lowest BCUT2D eigenvalue weighted by Gasteiger charge is -2.17. The maximum atomic E-state index is 12.3. The Labute approximate surface area is 147 Å². The number of benzene rings is 2. The summed E-state index contributed by atoms with van der Waals surface area (Å²) in [4.78, 5) is 35.1. The third-order valence-electron chi connectivity index (χ3n) is 3.86. The van der Waals surface area contributed by atoms with Gasteiger partial charge in [-0.1, -0.05) is 29.8 Å². The number of aryl methyl sites for hydroxylation is 3. The SMILES string of the molecule is Cc1cc(C)c(NC(=O)C(C)OC(=O)c2ccc(C=O)cc2)c(C)c1. The molecule has 2 aromatic carbocycles. The summed E-state index contributed by atoms with van der Waals surface area (Å²) in [5.74, 6) is -1.01. The van der Waals surface area contributed by atoms with Gasteiger partial charge in [-0.3, -0.25) is 9.59 Å². The van der Waals surface area contributed by atoms with Gasteiger partial charge >= 0.3 is 5.97 Å². The van der Waals surface area contributed by atoms with E-state index in [0.29, 0.717) is 11.8 Å². The van der Waals surface area contributed by atoms with Gasteiger partial charge in [-0.2, -0.15) is 0 Å². The van der Waals surface area contributed by atoms with E-state index >= 15 is 0 Å². The van der Waals surface area contributed by atoms with Gasteiger partial charge in [0.2, 0.25) is 0 Å². The van der Waals surface area contributed by atoms with Crippen LogP contribution in [-0.2, 0) is 9.53 Å². The zero-order valence-electron chi connectivity index (χ0n) is 14.8. The third-order valence-corrected chi connectivity index (χ3v) is 3.86. The molecular formula is C20H21NO4. The molecule has 1 unspecified atom stereocenters. The number of hydrogen-bond acceptors (Lipinski definition) is 4. The van der Waals surface area contributed by atoms with Crippen molar-refractivity contribution in [2.75, 3.05) is 5.32 Å². The van der Waals surface area contributed by atoms with Gasteiger partial charge in [0.15, 0.2) is 6.10 Å². The fraction of sp³-hybridized carbons (Fsp3) is 0.250. The van der Waals surface area contributed by atoms with Crippen molar-refractivity contribution in [1.82, 2.24) is 0 Å². The highest BCUT2D eigenvalue weighted by Gasteiger charge is 2.20. The molecule has 0 bridgehead atoms. The van der Waals surface area contributed by atoms with Crippen LogP contribution in [0.3, 0.4) is 0 Å². The first kappa shape index (κ1) is 18.4. The summed E-state index contributed by atoms with van der Waals surface area (Å²) in [6.07, 6.45) is -0.254. The zero-order chi connectivity index (χ0) is 18.6. The Balaban J connectivity index is 2.04. The van der Waals surface area contributed by atoms with Crippen molar-refractivity contribution in [3.8, 4) is 0 Å². The molecular weight excluding hydrogens is 318 g/mol. The Hall–Kier alpha value is -2.95. The van der Waals surface area contributed by atoms with Crippen LogP contribution in [0.5, 0.6) is 0 Å². The van der Waals surface area contributed by atoms with Gasteiger partial charge in [0.25, 0.3) is 5.91 Å². The van der Waals surface area contributed by atoms with Gasteiger partial charge in [0.05, 0.1) is 5.56 Å². The molecule has 0 spiro atoms. The average molecular weight is 339 g/mol. The number of anilines is 1. The normalized spacial score (nSPS) is 11.5. The molecule has 2 rings (SSSR count). The zero-order valence-corrected chi connectivity index (χ0v) is 14.8. The molecule has 25 heavy (non-hydrogen) atoms. The van der Waals surface area contributed by atoms with Gasteiger partial charge in [0, 0.05) is 11.3 Å². The highest BCUT2D eigenvalue weighted by molar-refractivity contribution is 5.98. The van der Waals surface area contributed by atoms with Crippen molar-refractivity contribution >= 4 is 23.9 Å². The van der Waals surface area contributed by atoms with Gasteiger partial charge < -0.3 is 10.1 Å². The number of ether oxygens (including phenoxy) is 1. The molecule has 1 amide bonds. The predicted molar refractivity (Wildman–Crippen MR) is 96.0 cm³/mol. The maximum Gasteiger partial charge on any atom is 0.338 e. The summed E-state index contributed by atoms with van der Waals surface area (Å²) < 4.78 is 5.21. The van der Waals surface area contributed by atoms with Crippen molar-refractivity contribution in [3.63, 3.8) is 0 Å². The number of rotatable bonds is 5. The molecule has 5 nitrogen and oxygen atoms in total. The first-order valence-corrected chi connectivity index (χ1v) is 7.96. The summed E-state index contributed by atoms with van der Waals surface area (Å²) in [7, 11) is 0. The minimum absolute atomic E-state index is 0.285. The van der Waals surface area contributed by atoms with Crippen molar-refractivity contribution in [3.05, 3.63) is 64.2 Å². The van der Waals surface area contributed by atoms with Crippen LogP contribution in [0.15, 0.2) is 36.4 Å². The molecule has 0 aliphatic rings. The van der Waals surface area contributed by atoms with E-state index in [9.17, 15) is 14.4 Å². The molecule has 5 heteroatoms. The number of esters is 1. The number of carbonyl (C=O) groups is 3. The summed E-state index contributed by atoms with van der Waals surface area (Å²) >= 11 is 0.